The molecule has 0 radical (unpaired) electrons. The number of hydrogen-bond acceptors (Lipinski definition) is 3. The van der Waals surface area contributed by atoms with E-state index >= 15 is 0 Å². The number of ether oxygens (including phenoxy) is 1. The van der Waals surface area contributed by atoms with Crippen molar-refractivity contribution in [2.24, 2.45) is 4.99 Å². The SMILES string of the molecule is CCCN=C(NCCc1ccco1)NC1CCOC2(CCCC2)C1. The van der Waals surface area contributed by atoms with Gasteiger partial charge in [-0.3, -0.25) is 4.99 Å². The van der Waals surface area contributed by atoms with Gasteiger partial charge >= 0.3 is 0 Å². The molecule has 1 saturated carbocycles. The summed E-state index contributed by atoms with van der Waals surface area (Å²) in [5, 5.41) is 7.11. The van der Waals surface area contributed by atoms with Crippen LogP contribution < -0.4 is 10.6 Å². The van der Waals surface area contributed by atoms with E-state index in [1.807, 2.05) is 12.1 Å². The topological polar surface area (TPSA) is 58.8 Å². The fraction of sp³-hybridized carbons (Fsp3) is 0.737. The van der Waals surface area contributed by atoms with Crippen molar-refractivity contribution >= 4 is 5.96 Å². The van der Waals surface area contributed by atoms with E-state index in [1.165, 1.54) is 25.7 Å². The summed E-state index contributed by atoms with van der Waals surface area (Å²) >= 11 is 0. The molecule has 0 bridgehead atoms. The molecule has 1 aromatic rings. The number of hydrogen-bond donors (Lipinski definition) is 2. The number of guanidine groups is 1. The van der Waals surface area contributed by atoms with E-state index in [-0.39, 0.29) is 5.60 Å². The third-order valence-corrected chi connectivity index (χ3v) is 5.09. The minimum absolute atomic E-state index is 0.139. The lowest BCUT2D eigenvalue weighted by Gasteiger charge is -2.39. The Labute approximate surface area is 145 Å². The Morgan fingerprint density at radius 1 is 1.38 bits per heavy atom. The highest BCUT2D eigenvalue weighted by molar-refractivity contribution is 5.80. The monoisotopic (exact) mass is 333 g/mol. The summed E-state index contributed by atoms with van der Waals surface area (Å²) in [5.74, 6) is 1.94. The minimum atomic E-state index is 0.139. The number of nitrogens with one attached hydrogen (secondary N) is 2. The normalized spacial score (nSPS) is 23.5. The predicted molar refractivity (Wildman–Crippen MR) is 96.3 cm³/mol. The van der Waals surface area contributed by atoms with Crippen LogP contribution in [0, 0.1) is 0 Å². The van der Waals surface area contributed by atoms with Crippen LogP contribution in [-0.2, 0) is 11.2 Å². The largest absolute Gasteiger partial charge is 0.469 e. The second kappa shape index (κ2) is 8.56. The molecule has 1 aliphatic carbocycles. The molecule has 1 aromatic heterocycles. The lowest BCUT2D eigenvalue weighted by Crippen LogP contribution is -2.51. The van der Waals surface area contributed by atoms with Gasteiger partial charge in [-0.2, -0.15) is 0 Å². The molecule has 0 aromatic carbocycles. The van der Waals surface area contributed by atoms with Crippen LogP contribution in [0.4, 0.5) is 0 Å². The van der Waals surface area contributed by atoms with Gasteiger partial charge in [0.25, 0.3) is 0 Å². The van der Waals surface area contributed by atoms with Crippen LogP contribution >= 0.6 is 0 Å². The molecule has 2 N–H and O–H groups in total. The fourth-order valence-corrected chi connectivity index (χ4v) is 3.85. The van der Waals surface area contributed by atoms with Gasteiger partial charge in [-0.1, -0.05) is 19.8 Å². The van der Waals surface area contributed by atoms with Gasteiger partial charge in [0, 0.05) is 32.2 Å². The van der Waals surface area contributed by atoms with Gasteiger partial charge in [0.1, 0.15) is 5.76 Å². The number of furan rings is 1. The predicted octanol–water partition coefficient (Wildman–Crippen LogP) is 3.26. The molecule has 2 fully saturated rings. The van der Waals surface area contributed by atoms with Crippen molar-refractivity contribution < 1.29 is 9.15 Å². The van der Waals surface area contributed by atoms with Crippen LogP contribution in [0.1, 0.15) is 57.6 Å². The van der Waals surface area contributed by atoms with Gasteiger partial charge in [0.15, 0.2) is 5.96 Å². The van der Waals surface area contributed by atoms with Crippen molar-refractivity contribution in [3.05, 3.63) is 24.2 Å². The van der Waals surface area contributed by atoms with E-state index in [2.05, 4.69) is 17.6 Å². The lowest BCUT2D eigenvalue weighted by atomic mass is 9.89. The minimum Gasteiger partial charge on any atom is -0.469 e. The molecule has 24 heavy (non-hydrogen) atoms. The molecule has 134 valence electrons. The van der Waals surface area contributed by atoms with Gasteiger partial charge in [-0.15, -0.1) is 0 Å². The van der Waals surface area contributed by atoms with Crippen LogP contribution in [0.3, 0.4) is 0 Å². The van der Waals surface area contributed by atoms with E-state index in [1.54, 1.807) is 6.26 Å². The quantitative estimate of drug-likeness (QED) is 0.620. The molecule has 1 saturated heterocycles. The smallest absolute Gasteiger partial charge is 0.191 e. The zero-order valence-electron chi connectivity index (χ0n) is 14.9. The second-order valence-corrected chi connectivity index (χ2v) is 7.06. The van der Waals surface area contributed by atoms with Crippen LogP contribution in [0.2, 0.25) is 0 Å². The third kappa shape index (κ3) is 4.76. The van der Waals surface area contributed by atoms with Crippen LogP contribution in [-0.4, -0.2) is 37.3 Å². The van der Waals surface area contributed by atoms with Crippen molar-refractivity contribution in [1.82, 2.24) is 10.6 Å². The van der Waals surface area contributed by atoms with Crippen molar-refractivity contribution in [2.45, 2.75) is 69.9 Å². The summed E-state index contributed by atoms with van der Waals surface area (Å²) in [7, 11) is 0. The maximum absolute atomic E-state index is 6.14. The Hall–Kier alpha value is -1.49. The third-order valence-electron chi connectivity index (χ3n) is 5.09. The molecular weight excluding hydrogens is 302 g/mol. The number of nitrogens with zero attached hydrogens (tertiary/aromatic N) is 1. The zero-order chi connectivity index (χ0) is 16.7. The summed E-state index contributed by atoms with van der Waals surface area (Å²) in [4.78, 5) is 4.69. The summed E-state index contributed by atoms with van der Waals surface area (Å²) in [5.41, 5.74) is 0.139. The molecule has 2 heterocycles. The van der Waals surface area contributed by atoms with Gasteiger partial charge in [-0.05, 0) is 44.2 Å². The maximum atomic E-state index is 6.14. The Morgan fingerprint density at radius 2 is 2.25 bits per heavy atom. The van der Waals surface area contributed by atoms with E-state index < -0.39 is 0 Å². The molecule has 5 nitrogen and oxygen atoms in total. The molecule has 1 atom stereocenters. The molecule has 2 aliphatic rings. The molecular formula is C19H31N3O2. The molecule has 3 rings (SSSR count). The number of aliphatic imine (C=N–C) groups is 1. The van der Waals surface area contributed by atoms with Gasteiger partial charge in [0.05, 0.1) is 11.9 Å². The van der Waals surface area contributed by atoms with Crippen LogP contribution in [0.25, 0.3) is 0 Å². The first-order chi connectivity index (χ1) is 11.8. The summed E-state index contributed by atoms with van der Waals surface area (Å²) in [6, 6.07) is 4.41. The first kappa shape index (κ1) is 17.3. The zero-order valence-corrected chi connectivity index (χ0v) is 14.9. The Balaban J connectivity index is 1.51. The highest BCUT2D eigenvalue weighted by Crippen LogP contribution is 2.39. The standard InChI is InChI=1S/C19H31N3O2/c1-2-11-20-18(21-12-7-17-6-5-13-23-17)22-16-8-14-24-19(15-16)9-3-4-10-19/h5-6,13,16H,2-4,7-12,14-15H2,1H3,(H2,20,21,22). The maximum Gasteiger partial charge on any atom is 0.191 e. The number of rotatable bonds is 6. The van der Waals surface area contributed by atoms with Crippen molar-refractivity contribution in [3.63, 3.8) is 0 Å². The van der Waals surface area contributed by atoms with Crippen LogP contribution in [0.5, 0.6) is 0 Å². The molecule has 5 heteroatoms. The lowest BCUT2D eigenvalue weighted by molar-refractivity contribution is -0.0815. The van der Waals surface area contributed by atoms with E-state index in [0.717, 1.165) is 57.1 Å². The fourth-order valence-electron chi connectivity index (χ4n) is 3.85. The van der Waals surface area contributed by atoms with E-state index in [4.69, 9.17) is 14.1 Å². The van der Waals surface area contributed by atoms with Crippen LogP contribution in [0.15, 0.2) is 27.8 Å². The average Bonchev–Trinajstić information content (AvgIpc) is 3.25. The highest BCUT2D eigenvalue weighted by atomic mass is 16.5. The molecule has 1 unspecified atom stereocenters. The summed E-state index contributed by atoms with van der Waals surface area (Å²) < 4.78 is 11.5. The second-order valence-electron chi connectivity index (χ2n) is 7.06. The molecule has 1 aliphatic heterocycles. The Morgan fingerprint density at radius 3 is 3.00 bits per heavy atom. The van der Waals surface area contributed by atoms with Gasteiger partial charge < -0.3 is 19.8 Å². The first-order valence-electron chi connectivity index (χ1n) is 9.51. The molecule has 0 amide bonds. The Bertz CT molecular complexity index is 507. The Kier molecular flexibility index (Phi) is 6.18. The van der Waals surface area contributed by atoms with E-state index in [0.29, 0.717) is 6.04 Å². The summed E-state index contributed by atoms with van der Waals surface area (Å²) in [6.07, 6.45) is 10.9. The highest BCUT2D eigenvalue weighted by Gasteiger charge is 2.40. The van der Waals surface area contributed by atoms with E-state index in [9.17, 15) is 0 Å². The first-order valence-corrected chi connectivity index (χ1v) is 9.51. The van der Waals surface area contributed by atoms with Crippen molar-refractivity contribution in [1.29, 1.82) is 0 Å². The van der Waals surface area contributed by atoms with Crippen molar-refractivity contribution in [2.75, 3.05) is 19.7 Å². The van der Waals surface area contributed by atoms with Crippen molar-refractivity contribution in [3.8, 4) is 0 Å². The van der Waals surface area contributed by atoms with Gasteiger partial charge in [-0.25, -0.2) is 0 Å². The average molecular weight is 333 g/mol. The van der Waals surface area contributed by atoms with Gasteiger partial charge in [0.2, 0.25) is 0 Å². The molecule has 1 spiro atoms. The summed E-state index contributed by atoms with van der Waals surface area (Å²) in [6.45, 7) is 4.71.